The SMILES string of the molecule is Cc1oc(C)c(C(=O)NC(CC(=O)O)C2CC2)c1C. The predicted molar refractivity (Wildman–Crippen MR) is 69.2 cm³/mol. The second kappa shape index (κ2) is 5.07. The van der Waals surface area contributed by atoms with Crippen molar-refractivity contribution in [3.05, 3.63) is 22.6 Å². The average Bonchev–Trinajstić information content (AvgIpc) is 3.07. The van der Waals surface area contributed by atoms with Gasteiger partial charge in [-0.15, -0.1) is 0 Å². The summed E-state index contributed by atoms with van der Waals surface area (Å²) in [6, 6.07) is -0.279. The summed E-state index contributed by atoms with van der Waals surface area (Å²) in [5.41, 5.74) is 1.36. The molecule has 1 amide bonds. The summed E-state index contributed by atoms with van der Waals surface area (Å²) in [6.07, 6.45) is 1.95. The lowest BCUT2D eigenvalue weighted by Crippen LogP contribution is -2.38. The number of hydrogen-bond donors (Lipinski definition) is 2. The van der Waals surface area contributed by atoms with Crippen LogP contribution in [0.5, 0.6) is 0 Å². The van der Waals surface area contributed by atoms with E-state index in [2.05, 4.69) is 5.32 Å². The standard InChI is InChI=1S/C14H19NO4/c1-7-8(2)19-9(3)13(7)14(18)15-11(6-12(16)17)10-4-5-10/h10-11H,4-6H2,1-3H3,(H,15,18)(H,16,17). The molecule has 1 saturated carbocycles. The molecule has 1 heterocycles. The van der Waals surface area contributed by atoms with Gasteiger partial charge in [0.25, 0.3) is 5.91 Å². The molecule has 0 spiro atoms. The molecular formula is C14H19NO4. The highest BCUT2D eigenvalue weighted by molar-refractivity contribution is 5.97. The van der Waals surface area contributed by atoms with Crippen molar-refractivity contribution in [2.75, 3.05) is 0 Å². The van der Waals surface area contributed by atoms with Gasteiger partial charge in [0.15, 0.2) is 0 Å². The molecule has 0 aliphatic heterocycles. The van der Waals surface area contributed by atoms with Gasteiger partial charge in [-0.2, -0.15) is 0 Å². The molecule has 1 aliphatic carbocycles. The second-order valence-corrected chi connectivity index (χ2v) is 5.23. The lowest BCUT2D eigenvalue weighted by Gasteiger charge is -2.16. The summed E-state index contributed by atoms with van der Waals surface area (Å²) in [4.78, 5) is 23.1. The lowest BCUT2D eigenvalue weighted by molar-refractivity contribution is -0.137. The first-order valence-electron chi connectivity index (χ1n) is 6.49. The lowest BCUT2D eigenvalue weighted by atomic mass is 10.1. The molecule has 5 nitrogen and oxygen atoms in total. The number of aryl methyl sites for hydroxylation is 2. The Balaban J connectivity index is 2.12. The van der Waals surface area contributed by atoms with E-state index in [0.29, 0.717) is 17.2 Å². The van der Waals surface area contributed by atoms with Crippen LogP contribution in [0.1, 0.15) is 46.7 Å². The van der Waals surface area contributed by atoms with Crippen molar-refractivity contribution in [1.82, 2.24) is 5.32 Å². The van der Waals surface area contributed by atoms with Crippen molar-refractivity contribution in [3.63, 3.8) is 0 Å². The molecule has 0 radical (unpaired) electrons. The summed E-state index contributed by atoms with van der Waals surface area (Å²) in [5, 5.41) is 11.7. The van der Waals surface area contributed by atoms with Crippen LogP contribution in [0.3, 0.4) is 0 Å². The zero-order chi connectivity index (χ0) is 14.2. The molecule has 19 heavy (non-hydrogen) atoms. The third kappa shape index (κ3) is 2.97. The number of furan rings is 1. The van der Waals surface area contributed by atoms with Crippen LogP contribution in [0.4, 0.5) is 0 Å². The summed E-state index contributed by atoms with van der Waals surface area (Å²) in [7, 11) is 0. The number of amides is 1. The smallest absolute Gasteiger partial charge is 0.305 e. The summed E-state index contributed by atoms with van der Waals surface area (Å²) >= 11 is 0. The van der Waals surface area contributed by atoms with Crippen molar-refractivity contribution in [2.24, 2.45) is 5.92 Å². The molecule has 1 fully saturated rings. The van der Waals surface area contributed by atoms with Gasteiger partial charge in [-0.3, -0.25) is 9.59 Å². The minimum atomic E-state index is -0.881. The minimum Gasteiger partial charge on any atom is -0.481 e. The van der Waals surface area contributed by atoms with E-state index in [-0.39, 0.29) is 18.4 Å². The fourth-order valence-electron chi connectivity index (χ4n) is 2.39. The highest BCUT2D eigenvalue weighted by Gasteiger charge is 2.34. The molecule has 1 atom stereocenters. The number of hydrogen-bond acceptors (Lipinski definition) is 3. The first-order chi connectivity index (χ1) is 8.90. The number of carboxylic acid groups (broad SMARTS) is 1. The zero-order valence-corrected chi connectivity index (χ0v) is 11.4. The van der Waals surface area contributed by atoms with Gasteiger partial charge in [0.05, 0.1) is 12.0 Å². The van der Waals surface area contributed by atoms with E-state index in [4.69, 9.17) is 9.52 Å². The molecule has 0 aromatic carbocycles. The van der Waals surface area contributed by atoms with Gasteiger partial charge in [0, 0.05) is 11.6 Å². The molecule has 1 aromatic heterocycles. The van der Waals surface area contributed by atoms with Gasteiger partial charge in [-0.05, 0) is 39.5 Å². The largest absolute Gasteiger partial charge is 0.481 e. The quantitative estimate of drug-likeness (QED) is 0.855. The molecular weight excluding hydrogens is 246 g/mol. The first kappa shape index (κ1) is 13.6. The van der Waals surface area contributed by atoms with Gasteiger partial charge >= 0.3 is 5.97 Å². The molecule has 0 saturated heterocycles. The number of carbonyl (C=O) groups excluding carboxylic acids is 1. The van der Waals surface area contributed by atoms with E-state index >= 15 is 0 Å². The maximum absolute atomic E-state index is 12.3. The normalized spacial score (nSPS) is 16.2. The van der Waals surface area contributed by atoms with Gasteiger partial charge in [0.2, 0.25) is 0 Å². The Morgan fingerprint density at radius 1 is 1.32 bits per heavy atom. The molecule has 1 aliphatic rings. The average molecular weight is 265 g/mol. The molecule has 2 N–H and O–H groups in total. The van der Waals surface area contributed by atoms with E-state index in [9.17, 15) is 9.59 Å². The summed E-state index contributed by atoms with van der Waals surface area (Å²) in [5.74, 6) is 0.494. The minimum absolute atomic E-state index is 0.0225. The monoisotopic (exact) mass is 265 g/mol. The Kier molecular flexibility index (Phi) is 3.64. The van der Waals surface area contributed by atoms with Crippen molar-refractivity contribution < 1.29 is 19.1 Å². The highest BCUT2D eigenvalue weighted by atomic mass is 16.4. The number of rotatable bonds is 5. The van der Waals surface area contributed by atoms with Crippen LogP contribution in [0, 0.1) is 26.7 Å². The van der Waals surface area contributed by atoms with Crippen molar-refractivity contribution in [3.8, 4) is 0 Å². The van der Waals surface area contributed by atoms with Crippen molar-refractivity contribution in [2.45, 2.75) is 46.1 Å². The van der Waals surface area contributed by atoms with E-state index in [1.807, 2.05) is 13.8 Å². The fourth-order valence-corrected chi connectivity index (χ4v) is 2.39. The van der Waals surface area contributed by atoms with Crippen LogP contribution >= 0.6 is 0 Å². The molecule has 2 rings (SSSR count). The van der Waals surface area contributed by atoms with Crippen LogP contribution in [0.25, 0.3) is 0 Å². The Labute approximate surface area is 112 Å². The number of carbonyl (C=O) groups is 2. The molecule has 0 bridgehead atoms. The van der Waals surface area contributed by atoms with Crippen LogP contribution in [-0.2, 0) is 4.79 Å². The first-order valence-corrected chi connectivity index (χ1v) is 6.49. The van der Waals surface area contributed by atoms with E-state index in [1.165, 1.54) is 0 Å². The molecule has 1 unspecified atom stereocenters. The number of carboxylic acids is 1. The third-order valence-electron chi connectivity index (χ3n) is 3.69. The molecule has 1 aromatic rings. The van der Waals surface area contributed by atoms with Gasteiger partial charge in [-0.1, -0.05) is 0 Å². The summed E-state index contributed by atoms with van der Waals surface area (Å²) in [6.45, 7) is 5.40. The van der Waals surface area contributed by atoms with E-state index in [1.54, 1.807) is 6.92 Å². The maximum atomic E-state index is 12.3. The zero-order valence-electron chi connectivity index (χ0n) is 11.4. The topological polar surface area (TPSA) is 79.5 Å². The van der Waals surface area contributed by atoms with Crippen LogP contribution in [0.15, 0.2) is 4.42 Å². The third-order valence-corrected chi connectivity index (χ3v) is 3.69. The Morgan fingerprint density at radius 3 is 2.37 bits per heavy atom. The van der Waals surface area contributed by atoms with E-state index < -0.39 is 5.97 Å². The van der Waals surface area contributed by atoms with Gasteiger partial charge < -0.3 is 14.8 Å². The van der Waals surface area contributed by atoms with Crippen LogP contribution in [0.2, 0.25) is 0 Å². The Morgan fingerprint density at radius 2 is 1.95 bits per heavy atom. The predicted octanol–water partition coefficient (Wildman–Crippen LogP) is 2.19. The fraction of sp³-hybridized carbons (Fsp3) is 0.571. The second-order valence-electron chi connectivity index (χ2n) is 5.23. The highest BCUT2D eigenvalue weighted by Crippen LogP contribution is 2.34. The van der Waals surface area contributed by atoms with Crippen LogP contribution in [-0.4, -0.2) is 23.0 Å². The van der Waals surface area contributed by atoms with E-state index in [0.717, 1.165) is 24.2 Å². The number of nitrogens with one attached hydrogen (secondary N) is 1. The van der Waals surface area contributed by atoms with Crippen LogP contribution < -0.4 is 5.32 Å². The molecule has 5 heteroatoms. The van der Waals surface area contributed by atoms with Gasteiger partial charge in [0.1, 0.15) is 11.5 Å². The van der Waals surface area contributed by atoms with Crippen molar-refractivity contribution >= 4 is 11.9 Å². The van der Waals surface area contributed by atoms with Crippen molar-refractivity contribution in [1.29, 1.82) is 0 Å². The molecule has 104 valence electrons. The Hall–Kier alpha value is -1.78. The summed E-state index contributed by atoms with van der Waals surface area (Å²) < 4.78 is 5.43. The Bertz CT molecular complexity index is 514. The maximum Gasteiger partial charge on any atom is 0.305 e. The van der Waals surface area contributed by atoms with Gasteiger partial charge in [-0.25, -0.2) is 0 Å². The number of aliphatic carboxylic acids is 1.